The molecule has 0 amide bonds. The summed E-state index contributed by atoms with van der Waals surface area (Å²) in [6.45, 7) is 2.42. The monoisotopic (exact) mass is 247 g/mol. The highest BCUT2D eigenvalue weighted by atomic mass is 19.4. The van der Waals surface area contributed by atoms with Crippen LogP contribution in [0.5, 0.6) is 0 Å². The Hall–Kier alpha value is -1.30. The normalized spacial score (nSPS) is 11.6. The maximum atomic E-state index is 12.2. The summed E-state index contributed by atoms with van der Waals surface area (Å²) in [5, 5.41) is 3.11. The van der Waals surface area contributed by atoms with Crippen molar-refractivity contribution < 1.29 is 13.2 Å². The van der Waals surface area contributed by atoms with Crippen molar-refractivity contribution in [1.29, 1.82) is 0 Å². The molecule has 0 atom stereocenters. The fraction of sp³-hybridized carbons (Fsp3) is 0.545. The molecule has 0 aliphatic carbocycles. The van der Waals surface area contributed by atoms with Gasteiger partial charge in [0.1, 0.15) is 12.4 Å². The maximum Gasteiger partial charge on any atom is 0.405 e. The van der Waals surface area contributed by atoms with E-state index in [1.54, 1.807) is 12.1 Å². The van der Waals surface area contributed by atoms with Gasteiger partial charge in [-0.2, -0.15) is 13.2 Å². The average Bonchev–Trinajstić information content (AvgIpc) is 2.24. The van der Waals surface area contributed by atoms with E-state index in [-0.39, 0.29) is 0 Å². The third-order valence-corrected chi connectivity index (χ3v) is 2.20. The third-order valence-electron chi connectivity index (χ3n) is 2.20. The van der Waals surface area contributed by atoms with E-state index >= 15 is 0 Å². The van der Waals surface area contributed by atoms with Crippen LogP contribution in [0, 0.1) is 0 Å². The summed E-state index contributed by atoms with van der Waals surface area (Å²) in [4.78, 5) is 5.02. The first kappa shape index (κ1) is 13.8. The van der Waals surface area contributed by atoms with Crippen molar-refractivity contribution in [3.05, 3.63) is 23.9 Å². The molecule has 0 bridgehead atoms. The van der Waals surface area contributed by atoms with Crippen LogP contribution in [0.4, 0.5) is 19.0 Å². The van der Waals surface area contributed by atoms with Crippen LogP contribution in [-0.4, -0.2) is 31.3 Å². The largest absolute Gasteiger partial charge is 0.405 e. The van der Waals surface area contributed by atoms with Gasteiger partial charge in [-0.25, -0.2) is 4.98 Å². The van der Waals surface area contributed by atoms with Gasteiger partial charge in [0.05, 0.1) is 0 Å². The summed E-state index contributed by atoms with van der Waals surface area (Å²) in [7, 11) is 1.38. The van der Waals surface area contributed by atoms with Gasteiger partial charge in [0.25, 0.3) is 0 Å². The van der Waals surface area contributed by atoms with Gasteiger partial charge in [-0.3, -0.25) is 0 Å². The van der Waals surface area contributed by atoms with E-state index in [1.165, 1.54) is 13.2 Å². The van der Waals surface area contributed by atoms with Gasteiger partial charge in [0, 0.05) is 19.8 Å². The lowest BCUT2D eigenvalue weighted by molar-refractivity contribution is -0.119. The number of alkyl halides is 3. The second-order valence-corrected chi connectivity index (χ2v) is 3.77. The molecule has 0 fully saturated rings. The van der Waals surface area contributed by atoms with Crippen LogP contribution in [0.1, 0.15) is 12.5 Å². The molecule has 96 valence electrons. The smallest absolute Gasteiger partial charge is 0.351 e. The maximum absolute atomic E-state index is 12.2. The molecule has 0 aromatic carbocycles. The fourth-order valence-electron chi connectivity index (χ4n) is 1.40. The van der Waals surface area contributed by atoms with Crippen LogP contribution < -0.4 is 10.2 Å². The predicted molar refractivity (Wildman–Crippen MR) is 60.9 cm³/mol. The molecule has 0 spiro atoms. The number of hydrogen-bond donors (Lipinski definition) is 1. The Labute approximate surface area is 98.6 Å². The number of halogens is 3. The summed E-state index contributed by atoms with van der Waals surface area (Å²) in [6, 6.07) is 3.45. The van der Waals surface area contributed by atoms with E-state index in [9.17, 15) is 13.2 Å². The van der Waals surface area contributed by atoms with Gasteiger partial charge in [0.15, 0.2) is 0 Å². The first-order chi connectivity index (χ1) is 7.92. The highest BCUT2D eigenvalue weighted by Crippen LogP contribution is 2.19. The molecule has 1 N–H and O–H groups in total. The summed E-state index contributed by atoms with van der Waals surface area (Å²) < 4.78 is 36.6. The molecular weight excluding hydrogens is 231 g/mol. The molecular formula is C11H16F3N3. The third kappa shape index (κ3) is 5.04. The van der Waals surface area contributed by atoms with E-state index < -0.39 is 12.7 Å². The van der Waals surface area contributed by atoms with Crippen LogP contribution in [0.25, 0.3) is 0 Å². The van der Waals surface area contributed by atoms with Crippen molar-refractivity contribution in [2.75, 3.05) is 25.0 Å². The van der Waals surface area contributed by atoms with Crippen LogP contribution >= 0.6 is 0 Å². The van der Waals surface area contributed by atoms with Crippen molar-refractivity contribution in [1.82, 2.24) is 10.3 Å². The van der Waals surface area contributed by atoms with Crippen molar-refractivity contribution in [3.63, 3.8) is 0 Å². The first-order valence-corrected chi connectivity index (χ1v) is 5.36. The van der Waals surface area contributed by atoms with Gasteiger partial charge in [-0.05, 0) is 24.2 Å². The number of anilines is 1. The molecule has 3 nitrogen and oxygen atoms in total. The van der Waals surface area contributed by atoms with Crippen LogP contribution in [-0.2, 0) is 6.54 Å². The molecule has 0 aliphatic rings. The Morgan fingerprint density at radius 1 is 1.41 bits per heavy atom. The number of nitrogens with zero attached hydrogens (tertiary/aromatic N) is 2. The van der Waals surface area contributed by atoms with Crippen molar-refractivity contribution in [2.45, 2.75) is 19.6 Å². The molecule has 0 radical (unpaired) electrons. The lowest BCUT2D eigenvalue weighted by Gasteiger charge is -2.20. The van der Waals surface area contributed by atoms with Gasteiger partial charge in [0.2, 0.25) is 0 Å². The minimum Gasteiger partial charge on any atom is -0.351 e. The number of aromatic nitrogens is 1. The van der Waals surface area contributed by atoms with Gasteiger partial charge >= 0.3 is 6.18 Å². The standard InChI is InChI=1S/C11H16F3N3/c1-3-15-7-9-4-5-16-10(6-9)17(2)8-11(12,13)14/h4-6,15H,3,7-8H2,1-2H3. The Morgan fingerprint density at radius 3 is 2.71 bits per heavy atom. The Bertz CT molecular complexity index is 352. The molecule has 6 heteroatoms. The first-order valence-electron chi connectivity index (χ1n) is 5.36. The highest BCUT2D eigenvalue weighted by molar-refractivity contribution is 5.40. The number of hydrogen-bond acceptors (Lipinski definition) is 3. The molecule has 1 aromatic heterocycles. The fourth-order valence-corrected chi connectivity index (χ4v) is 1.40. The van der Waals surface area contributed by atoms with E-state index in [0.29, 0.717) is 12.4 Å². The molecule has 0 saturated heterocycles. The molecule has 0 aliphatic heterocycles. The molecule has 1 heterocycles. The second kappa shape index (κ2) is 5.86. The number of rotatable bonds is 5. The Balaban J connectivity index is 2.70. The predicted octanol–water partition coefficient (Wildman–Crippen LogP) is 2.19. The van der Waals surface area contributed by atoms with E-state index in [2.05, 4.69) is 10.3 Å². The van der Waals surface area contributed by atoms with E-state index in [1.807, 2.05) is 6.92 Å². The zero-order valence-corrected chi connectivity index (χ0v) is 9.88. The topological polar surface area (TPSA) is 28.2 Å². The molecule has 17 heavy (non-hydrogen) atoms. The second-order valence-electron chi connectivity index (χ2n) is 3.77. The highest BCUT2D eigenvalue weighted by Gasteiger charge is 2.29. The van der Waals surface area contributed by atoms with E-state index in [4.69, 9.17) is 0 Å². The van der Waals surface area contributed by atoms with Gasteiger partial charge in [-0.15, -0.1) is 0 Å². The number of pyridine rings is 1. The molecule has 0 saturated carbocycles. The molecule has 1 rings (SSSR count). The quantitative estimate of drug-likeness (QED) is 0.864. The Morgan fingerprint density at radius 2 is 2.12 bits per heavy atom. The SMILES string of the molecule is CCNCc1ccnc(N(C)CC(F)(F)F)c1. The lowest BCUT2D eigenvalue weighted by Crippen LogP contribution is -2.31. The number of nitrogens with one attached hydrogen (secondary N) is 1. The van der Waals surface area contributed by atoms with Crippen LogP contribution in [0.15, 0.2) is 18.3 Å². The van der Waals surface area contributed by atoms with Crippen LogP contribution in [0.2, 0.25) is 0 Å². The molecule has 1 aromatic rings. The van der Waals surface area contributed by atoms with E-state index in [0.717, 1.165) is 17.0 Å². The zero-order valence-electron chi connectivity index (χ0n) is 9.88. The minimum absolute atomic E-state index is 0.331. The average molecular weight is 247 g/mol. The van der Waals surface area contributed by atoms with Crippen molar-refractivity contribution in [2.24, 2.45) is 0 Å². The van der Waals surface area contributed by atoms with Gasteiger partial charge < -0.3 is 10.2 Å². The Kier molecular flexibility index (Phi) is 4.74. The summed E-state index contributed by atoms with van der Waals surface area (Å²) in [5.41, 5.74) is 0.922. The zero-order chi connectivity index (χ0) is 12.9. The van der Waals surface area contributed by atoms with Crippen molar-refractivity contribution in [3.8, 4) is 0 Å². The summed E-state index contributed by atoms with van der Waals surface area (Å²) in [5.74, 6) is 0.331. The van der Waals surface area contributed by atoms with Crippen molar-refractivity contribution >= 4 is 5.82 Å². The lowest BCUT2D eigenvalue weighted by atomic mass is 10.2. The van der Waals surface area contributed by atoms with Gasteiger partial charge in [-0.1, -0.05) is 6.92 Å². The van der Waals surface area contributed by atoms with Crippen LogP contribution in [0.3, 0.4) is 0 Å². The minimum atomic E-state index is -4.21. The summed E-state index contributed by atoms with van der Waals surface area (Å²) in [6.07, 6.45) is -2.69. The summed E-state index contributed by atoms with van der Waals surface area (Å²) >= 11 is 0. The molecule has 0 unspecified atom stereocenters.